The van der Waals surface area contributed by atoms with E-state index in [4.69, 9.17) is 9.47 Å². The number of ether oxygens (including phenoxy) is 2. The van der Waals surface area contributed by atoms with E-state index in [2.05, 4.69) is 9.71 Å². The molecule has 0 saturated carbocycles. The Hall–Kier alpha value is -1.94. The average Bonchev–Trinajstić information content (AvgIpc) is 3.32. The fraction of sp³-hybridized carbons (Fsp3) is 0.278. The number of thiophene rings is 1. The number of benzene rings is 1. The Labute approximate surface area is 166 Å². The van der Waals surface area contributed by atoms with E-state index in [1.807, 2.05) is 25.1 Å². The Morgan fingerprint density at radius 2 is 1.93 bits per heavy atom. The third-order valence-electron chi connectivity index (χ3n) is 3.93. The number of aryl methyl sites for hydroxylation is 1. The van der Waals surface area contributed by atoms with Crippen molar-refractivity contribution >= 4 is 32.7 Å². The molecule has 27 heavy (non-hydrogen) atoms. The molecule has 0 radical (unpaired) electrons. The van der Waals surface area contributed by atoms with Crippen molar-refractivity contribution in [1.29, 1.82) is 0 Å². The van der Waals surface area contributed by atoms with Crippen molar-refractivity contribution in [2.75, 3.05) is 20.8 Å². The zero-order chi connectivity index (χ0) is 19.4. The highest BCUT2D eigenvalue weighted by Gasteiger charge is 2.16. The summed E-state index contributed by atoms with van der Waals surface area (Å²) in [4.78, 5) is 5.67. The molecule has 1 N–H and O–H groups in total. The number of nitrogens with one attached hydrogen (secondary N) is 1. The zero-order valence-electron chi connectivity index (χ0n) is 15.2. The van der Waals surface area contributed by atoms with Crippen molar-refractivity contribution in [2.24, 2.45) is 0 Å². The van der Waals surface area contributed by atoms with E-state index in [1.165, 1.54) is 11.3 Å². The Morgan fingerprint density at radius 3 is 2.59 bits per heavy atom. The smallest absolute Gasteiger partial charge is 0.250 e. The number of methoxy groups -OCH3 is 2. The van der Waals surface area contributed by atoms with Crippen LogP contribution in [0.15, 0.2) is 39.9 Å². The molecule has 0 atom stereocenters. The van der Waals surface area contributed by atoms with Crippen LogP contribution in [-0.4, -0.2) is 34.2 Å². The second-order valence-corrected chi connectivity index (χ2v) is 9.70. The molecule has 0 bridgehead atoms. The Kier molecular flexibility index (Phi) is 6.15. The van der Waals surface area contributed by atoms with Crippen LogP contribution in [0.1, 0.15) is 10.6 Å². The molecule has 144 valence electrons. The molecule has 9 heteroatoms. The maximum atomic E-state index is 12.2. The summed E-state index contributed by atoms with van der Waals surface area (Å²) in [6.07, 6.45) is 0.585. The summed E-state index contributed by atoms with van der Waals surface area (Å²) >= 11 is 2.76. The predicted molar refractivity (Wildman–Crippen MR) is 109 cm³/mol. The molecule has 2 aromatic heterocycles. The molecule has 0 unspecified atom stereocenters. The summed E-state index contributed by atoms with van der Waals surface area (Å²) in [5.41, 5.74) is 1.84. The SMILES string of the molecule is COc1ccc(-c2nc(C)c(CCNS(=O)(=O)c3cccs3)s2)cc1OC. The van der Waals surface area contributed by atoms with E-state index in [0.29, 0.717) is 28.7 Å². The largest absolute Gasteiger partial charge is 0.493 e. The first-order valence-corrected chi connectivity index (χ1v) is 11.3. The van der Waals surface area contributed by atoms with Gasteiger partial charge in [0.2, 0.25) is 10.0 Å². The minimum atomic E-state index is -3.44. The van der Waals surface area contributed by atoms with Gasteiger partial charge < -0.3 is 9.47 Å². The lowest BCUT2D eigenvalue weighted by molar-refractivity contribution is 0.355. The van der Waals surface area contributed by atoms with Crippen LogP contribution in [0, 0.1) is 6.92 Å². The van der Waals surface area contributed by atoms with E-state index in [9.17, 15) is 8.42 Å². The topological polar surface area (TPSA) is 77.5 Å². The van der Waals surface area contributed by atoms with Gasteiger partial charge in [0.25, 0.3) is 0 Å². The van der Waals surface area contributed by atoms with Crippen LogP contribution in [0.4, 0.5) is 0 Å². The first-order chi connectivity index (χ1) is 12.9. The number of hydrogen-bond acceptors (Lipinski definition) is 7. The lowest BCUT2D eigenvalue weighted by atomic mass is 10.2. The average molecular weight is 425 g/mol. The second-order valence-electron chi connectivity index (χ2n) is 5.68. The van der Waals surface area contributed by atoms with Gasteiger partial charge in [0.15, 0.2) is 11.5 Å². The summed E-state index contributed by atoms with van der Waals surface area (Å²) in [6.45, 7) is 2.26. The molecule has 6 nitrogen and oxygen atoms in total. The van der Waals surface area contributed by atoms with Crippen LogP contribution in [0.5, 0.6) is 11.5 Å². The molecule has 0 aliphatic heterocycles. The fourth-order valence-corrected chi connectivity index (χ4v) is 5.67. The van der Waals surface area contributed by atoms with Crippen molar-refractivity contribution < 1.29 is 17.9 Å². The number of sulfonamides is 1. The summed E-state index contributed by atoms with van der Waals surface area (Å²) in [7, 11) is -0.245. The normalized spacial score (nSPS) is 11.5. The Morgan fingerprint density at radius 1 is 1.15 bits per heavy atom. The molecule has 3 aromatic rings. The van der Waals surface area contributed by atoms with Crippen molar-refractivity contribution in [1.82, 2.24) is 9.71 Å². The highest BCUT2D eigenvalue weighted by Crippen LogP contribution is 2.35. The number of nitrogens with zero attached hydrogens (tertiary/aromatic N) is 1. The molecule has 0 amide bonds. The van der Waals surface area contributed by atoms with E-state index in [-0.39, 0.29) is 0 Å². The van der Waals surface area contributed by atoms with E-state index >= 15 is 0 Å². The Bertz CT molecular complexity index is 1010. The van der Waals surface area contributed by atoms with Gasteiger partial charge in [-0.3, -0.25) is 0 Å². The molecular weight excluding hydrogens is 404 g/mol. The monoisotopic (exact) mass is 424 g/mol. The Balaban J connectivity index is 1.72. The molecule has 0 aliphatic carbocycles. The predicted octanol–water partition coefficient (Wildman–Crippen LogP) is 3.72. The quantitative estimate of drug-likeness (QED) is 0.596. The molecule has 0 aliphatic rings. The standard InChI is InChI=1S/C18H20N2O4S3/c1-12-16(8-9-19-27(21,22)17-5-4-10-25-17)26-18(20-12)13-6-7-14(23-2)15(11-13)24-3/h4-7,10-11,19H,8-9H2,1-3H3. The van der Waals surface area contributed by atoms with Gasteiger partial charge in [-0.1, -0.05) is 6.07 Å². The number of aromatic nitrogens is 1. The van der Waals surface area contributed by atoms with Gasteiger partial charge in [0.1, 0.15) is 9.22 Å². The van der Waals surface area contributed by atoms with Crippen molar-refractivity contribution in [3.8, 4) is 22.1 Å². The summed E-state index contributed by atoms with van der Waals surface area (Å²) in [5.74, 6) is 1.31. The number of thiazole rings is 1. The van der Waals surface area contributed by atoms with Gasteiger partial charge >= 0.3 is 0 Å². The maximum absolute atomic E-state index is 12.2. The second kappa shape index (κ2) is 8.39. The first kappa shape index (κ1) is 19.8. The minimum absolute atomic E-state index is 0.328. The molecule has 0 spiro atoms. The first-order valence-electron chi connectivity index (χ1n) is 8.16. The lowest BCUT2D eigenvalue weighted by Gasteiger charge is -2.08. The van der Waals surface area contributed by atoms with E-state index < -0.39 is 10.0 Å². The van der Waals surface area contributed by atoms with Crippen LogP contribution >= 0.6 is 22.7 Å². The van der Waals surface area contributed by atoms with Crippen LogP contribution in [-0.2, 0) is 16.4 Å². The molecule has 2 heterocycles. The number of hydrogen-bond donors (Lipinski definition) is 1. The molecule has 1 aromatic carbocycles. The highest BCUT2D eigenvalue weighted by molar-refractivity contribution is 7.91. The zero-order valence-corrected chi connectivity index (χ0v) is 17.6. The third kappa shape index (κ3) is 4.49. The van der Waals surface area contributed by atoms with Crippen LogP contribution in [0.2, 0.25) is 0 Å². The van der Waals surface area contributed by atoms with Crippen LogP contribution in [0.3, 0.4) is 0 Å². The van der Waals surface area contributed by atoms with Gasteiger partial charge in [-0.25, -0.2) is 18.1 Å². The fourth-order valence-electron chi connectivity index (χ4n) is 2.54. The lowest BCUT2D eigenvalue weighted by Crippen LogP contribution is -2.25. The van der Waals surface area contributed by atoms with Gasteiger partial charge in [-0.2, -0.15) is 0 Å². The molecule has 0 fully saturated rings. The highest BCUT2D eigenvalue weighted by atomic mass is 32.2. The van der Waals surface area contributed by atoms with Gasteiger partial charge in [0.05, 0.1) is 19.9 Å². The van der Waals surface area contributed by atoms with Crippen LogP contribution < -0.4 is 14.2 Å². The summed E-state index contributed by atoms with van der Waals surface area (Å²) < 4.78 is 38.0. The van der Waals surface area contributed by atoms with Crippen molar-refractivity contribution in [3.05, 3.63) is 46.3 Å². The van der Waals surface area contributed by atoms with Gasteiger partial charge in [-0.15, -0.1) is 22.7 Å². The minimum Gasteiger partial charge on any atom is -0.493 e. The van der Waals surface area contributed by atoms with Gasteiger partial charge in [-0.05, 0) is 43.0 Å². The van der Waals surface area contributed by atoms with Crippen molar-refractivity contribution in [2.45, 2.75) is 17.6 Å². The van der Waals surface area contributed by atoms with Crippen molar-refractivity contribution in [3.63, 3.8) is 0 Å². The third-order valence-corrected chi connectivity index (χ3v) is 8.05. The molecular formula is C18H20N2O4S3. The number of rotatable bonds is 8. The summed E-state index contributed by atoms with van der Waals surface area (Å²) in [5, 5.41) is 2.61. The molecule has 0 saturated heterocycles. The maximum Gasteiger partial charge on any atom is 0.250 e. The van der Waals surface area contributed by atoms with Gasteiger partial charge in [0, 0.05) is 17.0 Å². The summed E-state index contributed by atoms with van der Waals surface area (Å²) in [6, 6.07) is 8.99. The van der Waals surface area contributed by atoms with E-state index in [1.54, 1.807) is 43.1 Å². The molecule has 3 rings (SSSR count). The van der Waals surface area contributed by atoms with Crippen LogP contribution in [0.25, 0.3) is 10.6 Å². The van der Waals surface area contributed by atoms with E-state index in [0.717, 1.165) is 21.1 Å².